The molecule has 0 aromatic heterocycles. The van der Waals surface area contributed by atoms with Crippen molar-refractivity contribution in [1.82, 2.24) is 0 Å². The van der Waals surface area contributed by atoms with E-state index in [4.69, 9.17) is 16.2 Å². The molecule has 0 aliphatic carbocycles. The third-order valence-corrected chi connectivity index (χ3v) is 2.18. The first kappa shape index (κ1) is 12.2. The number of hydrogen-bond acceptors (Lipinski definition) is 6. The largest absolute Gasteiger partial charge is 0.502 e. The molecule has 0 saturated heterocycles. The van der Waals surface area contributed by atoms with Crippen LogP contribution in [0.2, 0.25) is 0 Å². The van der Waals surface area contributed by atoms with Crippen molar-refractivity contribution in [3.05, 3.63) is 27.8 Å². The standard InChI is InChI=1S/C9H13N3O4/c1-16-5-2-6(7(11)4-10)9(13)8(3-5)12(14)15/h2-3,7,13H,4,10-11H2,1H3/t7-/m1/s1. The summed E-state index contributed by atoms with van der Waals surface area (Å²) in [6.45, 7) is 0.0673. The molecule has 1 rings (SSSR count). The number of aromatic hydroxyl groups is 1. The highest BCUT2D eigenvalue weighted by Gasteiger charge is 2.22. The Balaban J connectivity index is 3.37. The predicted molar refractivity (Wildman–Crippen MR) is 57.3 cm³/mol. The van der Waals surface area contributed by atoms with Crippen LogP contribution < -0.4 is 16.2 Å². The van der Waals surface area contributed by atoms with Gasteiger partial charge in [0.2, 0.25) is 0 Å². The van der Waals surface area contributed by atoms with Crippen LogP contribution in [0.1, 0.15) is 11.6 Å². The summed E-state index contributed by atoms with van der Waals surface area (Å²) in [4.78, 5) is 9.97. The quantitative estimate of drug-likeness (QED) is 0.500. The lowest BCUT2D eigenvalue weighted by atomic mass is 10.0. The molecule has 0 aliphatic heterocycles. The second kappa shape index (κ2) is 4.77. The van der Waals surface area contributed by atoms with E-state index < -0.39 is 22.4 Å². The zero-order valence-corrected chi connectivity index (χ0v) is 8.71. The van der Waals surface area contributed by atoms with Gasteiger partial charge in [0.1, 0.15) is 5.75 Å². The minimum Gasteiger partial charge on any atom is -0.502 e. The van der Waals surface area contributed by atoms with Gasteiger partial charge in [-0.1, -0.05) is 0 Å². The average molecular weight is 227 g/mol. The minimum atomic E-state index is -0.704. The molecule has 0 heterocycles. The Morgan fingerprint density at radius 2 is 2.25 bits per heavy atom. The van der Waals surface area contributed by atoms with Crippen molar-refractivity contribution in [1.29, 1.82) is 0 Å². The SMILES string of the molecule is COc1cc([C@H](N)CN)c(O)c([N+](=O)[O-])c1. The highest BCUT2D eigenvalue weighted by atomic mass is 16.6. The summed E-state index contributed by atoms with van der Waals surface area (Å²) in [7, 11) is 1.37. The van der Waals surface area contributed by atoms with Crippen molar-refractivity contribution in [3.8, 4) is 11.5 Å². The van der Waals surface area contributed by atoms with Crippen LogP contribution in [0.4, 0.5) is 5.69 Å². The summed E-state index contributed by atoms with van der Waals surface area (Å²) in [6.07, 6.45) is 0. The Hall–Kier alpha value is -1.86. The molecule has 7 nitrogen and oxygen atoms in total. The van der Waals surface area contributed by atoms with E-state index in [1.54, 1.807) is 0 Å². The van der Waals surface area contributed by atoms with E-state index in [0.717, 1.165) is 6.07 Å². The molecule has 5 N–H and O–H groups in total. The molecule has 0 fully saturated rings. The van der Waals surface area contributed by atoms with Gasteiger partial charge in [-0.05, 0) is 6.07 Å². The van der Waals surface area contributed by atoms with E-state index in [9.17, 15) is 15.2 Å². The van der Waals surface area contributed by atoms with Gasteiger partial charge in [-0.25, -0.2) is 0 Å². The molecule has 7 heteroatoms. The average Bonchev–Trinajstić information content (AvgIpc) is 2.28. The lowest BCUT2D eigenvalue weighted by Crippen LogP contribution is -2.21. The number of benzene rings is 1. The molecule has 16 heavy (non-hydrogen) atoms. The summed E-state index contributed by atoms with van der Waals surface area (Å²) in [5, 5.41) is 20.3. The zero-order chi connectivity index (χ0) is 12.3. The topological polar surface area (TPSA) is 125 Å². The maximum atomic E-state index is 10.7. The molecule has 1 aromatic carbocycles. The van der Waals surface area contributed by atoms with Crippen molar-refractivity contribution in [3.63, 3.8) is 0 Å². The molecule has 0 radical (unpaired) electrons. The van der Waals surface area contributed by atoms with E-state index in [1.165, 1.54) is 13.2 Å². The van der Waals surface area contributed by atoms with Crippen LogP contribution in [0, 0.1) is 10.1 Å². The van der Waals surface area contributed by atoms with E-state index in [-0.39, 0.29) is 17.9 Å². The van der Waals surface area contributed by atoms with E-state index in [0.29, 0.717) is 0 Å². The Bertz CT molecular complexity index is 408. The van der Waals surface area contributed by atoms with Gasteiger partial charge in [0.05, 0.1) is 18.1 Å². The Morgan fingerprint density at radius 3 is 2.69 bits per heavy atom. The first-order valence-corrected chi connectivity index (χ1v) is 4.52. The number of phenolic OH excluding ortho intramolecular Hbond substituents is 1. The summed E-state index contributed by atoms with van der Waals surface area (Å²) < 4.78 is 4.88. The maximum Gasteiger partial charge on any atom is 0.314 e. The van der Waals surface area contributed by atoms with E-state index in [2.05, 4.69) is 0 Å². The number of nitrogens with two attached hydrogens (primary N) is 2. The van der Waals surface area contributed by atoms with Crippen LogP contribution >= 0.6 is 0 Å². The second-order valence-electron chi connectivity index (χ2n) is 3.18. The highest BCUT2D eigenvalue weighted by Crippen LogP contribution is 2.36. The molecular weight excluding hydrogens is 214 g/mol. The third kappa shape index (κ3) is 2.20. The summed E-state index contributed by atoms with van der Waals surface area (Å²) >= 11 is 0. The summed E-state index contributed by atoms with van der Waals surface area (Å²) in [6, 6.07) is 1.89. The number of rotatable bonds is 4. The van der Waals surface area contributed by atoms with Gasteiger partial charge in [-0.15, -0.1) is 0 Å². The van der Waals surface area contributed by atoms with Gasteiger partial charge in [-0.3, -0.25) is 10.1 Å². The second-order valence-corrected chi connectivity index (χ2v) is 3.18. The van der Waals surface area contributed by atoms with E-state index in [1.807, 2.05) is 0 Å². The van der Waals surface area contributed by atoms with Gasteiger partial charge < -0.3 is 21.3 Å². The molecular formula is C9H13N3O4. The third-order valence-electron chi connectivity index (χ3n) is 2.18. The number of nitrogens with zero attached hydrogens (tertiary/aromatic N) is 1. The fraction of sp³-hybridized carbons (Fsp3) is 0.333. The maximum absolute atomic E-state index is 10.7. The summed E-state index contributed by atoms with van der Waals surface area (Å²) in [5.74, 6) is -0.216. The van der Waals surface area contributed by atoms with Crippen LogP contribution in [0.5, 0.6) is 11.5 Å². The number of nitro groups is 1. The van der Waals surface area contributed by atoms with Crippen LogP contribution in [0.25, 0.3) is 0 Å². The lowest BCUT2D eigenvalue weighted by molar-refractivity contribution is -0.386. The monoisotopic (exact) mass is 227 g/mol. The number of hydrogen-bond donors (Lipinski definition) is 3. The first-order chi connectivity index (χ1) is 7.51. The van der Waals surface area contributed by atoms with Crippen molar-refractivity contribution in [2.24, 2.45) is 11.5 Å². The fourth-order valence-corrected chi connectivity index (χ4v) is 1.28. The molecule has 0 saturated carbocycles. The number of nitro benzene ring substituents is 1. The zero-order valence-electron chi connectivity index (χ0n) is 8.71. The van der Waals surface area contributed by atoms with Crippen LogP contribution in [0.15, 0.2) is 12.1 Å². The molecule has 0 unspecified atom stereocenters. The lowest BCUT2D eigenvalue weighted by Gasteiger charge is -2.12. The van der Waals surface area contributed by atoms with Gasteiger partial charge in [0.15, 0.2) is 5.75 Å². The smallest absolute Gasteiger partial charge is 0.314 e. The van der Waals surface area contributed by atoms with Gasteiger partial charge in [0.25, 0.3) is 0 Å². The van der Waals surface area contributed by atoms with E-state index >= 15 is 0 Å². The van der Waals surface area contributed by atoms with Crippen LogP contribution in [-0.4, -0.2) is 23.7 Å². The van der Waals surface area contributed by atoms with Crippen molar-refractivity contribution >= 4 is 5.69 Å². The Kier molecular flexibility index (Phi) is 3.64. The Labute approximate surface area is 91.8 Å². The fourth-order valence-electron chi connectivity index (χ4n) is 1.28. The van der Waals surface area contributed by atoms with Gasteiger partial charge in [-0.2, -0.15) is 0 Å². The molecule has 0 spiro atoms. The number of ether oxygens (including phenoxy) is 1. The normalized spacial score (nSPS) is 12.2. The first-order valence-electron chi connectivity index (χ1n) is 4.52. The van der Waals surface area contributed by atoms with Gasteiger partial charge in [0, 0.05) is 18.2 Å². The highest BCUT2D eigenvalue weighted by molar-refractivity contribution is 5.56. The van der Waals surface area contributed by atoms with Crippen LogP contribution in [0.3, 0.4) is 0 Å². The van der Waals surface area contributed by atoms with Crippen molar-refractivity contribution in [2.45, 2.75) is 6.04 Å². The Morgan fingerprint density at radius 1 is 1.62 bits per heavy atom. The molecule has 88 valence electrons. The molecule has 0 amide bonds. The predicted octanol–water partition coefficient (Wildman–Crippen LogP) is 0.268. The van der Waals surface area contributed by atoms with Crippen molar-refractivity contribution in [2.75, 3.05) is 13.7 Å². The summed E-state index contributed by atoms with van der Waals surface area (Å²) in [5.41, 5.74) is 10.7. The molecule has 0 bridgehead atoms. The molecule has 1 aromatic rings. The van der Waals surface area contributed by atoms with Crippen molar-refractivity contribution < 1.29 is 14.8 Å². The molecule has 0 aliphatic rings. The minimum absolute atomic E-state index is 0.0673. The van der Waals surface area contributed by atoms with Crippen LogP contribution in [-0.2, 0) is 0 Å². The number of phenols is 1. The van der Waals surface area contributed by atoms with Gasteiger partial charge >= 0.3 is 5.69 Å². The number of methoxy groups -OCH3 is 1. The molecule has 1 atom stereocenters.